The molecule has 0 spiro atoms. The van der Waals surface area contributed by atoms with Gasteiger partial charge in [-0.2, -0.15) is 0 Å². The summed E-state index contributed by atoms with van der Waals surface area (Å²) in [5, 5.41) is 3.07. The number of nitrogens with one attached hydrogen (secondary N) is 1. The van der Waals surface area contributed by atoms with Crippen LogP contribution in [0, 0.1) is 6.92 Å². The minimum absolute atomic E-state index is 0.441. The molecule has 0 amide bonds. The smallest absolute Gasteiger partial charge is 0.188 e. The first-order chi connectivity index (χ1) is 11.2. The van der Waals surface area contributed by atoms with E-state index in [4.69, 9.17) is 10.5 Å². The highest BCUT2D eigenvalue weighted by Gasteiger charge is 2.01. The molecule has 0 saturated carbocycles. The fourth-order valence-electron chi connectivity index (χ4n) is 2.04. The van der Waals surface area contributed by atoms with Crippen LogP contribution < -0.4 is 11.1 Å². The maximum atomic E-state index is 5.83. The molecule has 0 aliphatic carbocycles. The van der Waals surface area contributed by atoms with Gasteiger partial charge in [0.15, 0.2) is 5.96 Å². The van der Waals surface area contributed by atoms with E-state index in [2.05, 4.69) is 20.3 Å². The van der Waals surface area contributed by atoms with Crippen LogP contribution in [0.4, 0.5) is 0 Å². The average molecular weight is 316 g/mol. The fourth-order valence-corrected chi connectivity index (χ4v) is 2.04. The number of ether oxygens (including phenoxy) is 1. The molecule has 0 bridgehead atoms. The molecule has 0 aliphatic heterocycles. The predicted molar refractivity (Wildman–Crippen MR) is 90.5 cm³/mol. The van der Waals surface area contributed by atoms with Crippen molar-refractivity contribution in [2.75, 3.05) is 19.8 Å². The number of hydrogen-bond acceptors (Lipinski definition) is 4. The van der Waals surface area contributed by atoms with Gasteiger partial charge in [-0.3, -0.25) is 4.57 Å². The molecule has 3 N–H and O–H groups in total. The van der Waals surface area contributed by atoms with Crippen molar-refractivity contribution in [1.82, 2.24) is 19.9 Å². The number of aryl methyl sites for hydroxylation is 1. The van der Waals surface area contributed by atoms with E-state index in [0.29, 0.717) is 12.5 Å². The number of aliphatic imine (C=N–C) groups is 1. The van der Waals surface area contributed by atoms with Crippen LogP contribution in [0.5, 0.6) is 0 Å². The van der Waals surface area contributed by atoms with Gasteiger partial charge in [0.05, 0.1) is 6.54 Å². The first-order valence-corrected chi connectivity index (χ1v) is 7.77. The Bertz CT molecular complexity index is 620. The van der Waals surface area contributed by atoms with Gasteiger partial charge in [-0.1, -0.05) is 6.07 Å². The van der Waals surface area contributed by atoms with Crippen LogP contribution in [0.3, 0.4) is 0 Å². The zero-order chi connectivity index (χ0) is 16.5. The van der Waals surface area contributed by atoms with E-state index >= 15 is 0 Å². The Labute approximate surface area is 136 Å². The van der Waals surface area contributed by atoms with E-state index in [1.165, 1.54) is 0 Å². The highest BCUT2D eigenvalue weighted by Crippen LogP contribution is 2.08. The van der Waals surface area contributed by atoms with E-state index in [-0.39, 0.29) is 0 Å². The standard InChI is InChI=1S/C16H24N6O/c1-3-23-10-4-7-19-16(17)21-12-14-5-6-15(20-11-14)22-9-8-18-13(22)2/h5-6,8-9,11H,3-4,7,10,12H2,1-2H3,(H3,17,19,21). The Morgan fingerprint density at radius 1 is 1.39 bits per heavy atom. The Morgan fingerprint density at radius 3 is 2.91 bits per heavy atom. The van der Waals surface area contributed by atoms with Crippen LogP contribution in [0.1, 0.15) is 24.7 Å². The summed E-state index contributed by atoms with van der Waals surface area (Å²) < 4.78 is 7.19. The molecular weight excluding hydrogens is 292 g/mol. The van der Waals surface area contributed by atoms with Gasteiger partial charge in [-0.05, 0) is 31.9 Å². The van der Waals surface area contributed by atoms with Crippen LogP contribution in [0.2, 0.25) is 0 Å². The van der Waals surface area contributed by atoms with Crippen molar-refractivity contribution in [3.05, 3.63) is 42.1 Å². The van der Waals surface area contributed by atoms with E-state index in [1.54, 1.807) is 12.4 Å². The first kappa shape index (κ1) is 17.0. The normalized spacial score (nSPS) is 11.7. The van der Waals surface area contributed by atoms with Gasteiger partial charge < -0.3 is 15.8 Å². The average Bonchev–Trinajstić information content (AvgIpc) is 2.99. The van der Waals surface area contributed by atoms with E-state index in [9.17, 15) is 0 Å². The van der Waals surface area contributed by atoms with Crippen molar-refractivity contribution >= 4 is 5.96 Å². The van der Waals surface area contributed by atoms with Crippen molar-refractivity contribution < 1.29 is 4.74 Å². The van der Waals surface area contributed by atoms with Gasteiger partial charge in [0, 0.05) is 38.3 Å². The number of nitrogens with zero attached hydrogens (tertiary/aromatic N) is 4. The second-order valence-corrected chi connectivity index (χ2v) is 5.05. The fraction of sp³-hybridized carbons (Fsp3) is 0.438. The molecule has 0 saturated heterocycles. The Kier molecular flexibility index (Phi) is 6.56. The van der Waals surface area contributed by atoms with Crippen molar-refractivity contribution in [1.29, 1.82) is 0 Å². The molecule has 0 unspecified atom stereocenters. The third kappa shape index (κ3) is 5.37. The largest absolute Gasteiger partial charge is 0.382 e. The minimum Gasteiger partial charge on any atom is -0.382 e. The van der Waals surface area contributed by atoms with Gasteiger partial charge in [0.2, 0.25) is 0 Å². The molecular formula is C16H24N6O. The molecule has 2 aromatic rings. The minimum atomic E-state index is 0.441. The van der Waals surface area contributed by atoms with Gasteiger partial charge in [0.1, 0.15) is 11.6 Å². The van der Waals surface area contributed by atoms with E-state index in [1.807, 2.05) is 36.7 Å². The molecule has 124 valence electrons. The van der Waals surface area contributed by atoms with Crippen LogP contribution >= 0.6 is 0 Å². The quantitative estimate of drug-likeness (QED) is 0.436. The van der Waals surface area contributed by atoms with Crippen LogP contribution in [-0.2, 0) is 11.3 Å². The summed E-state index contributed by atoms with van der Waals surface area (Å²) in [6.45, 7) is 6.66. The maximum Gasteiger partial charge on any atom is 0.188 e. The molecule has 2 rings (SSSR count). The summed E-state index contributed by atoms with van der Waals surface area (Å²) in [5.41, 5.74) is 6.83. The van der Waals surface area contributed by atoms with Gasteiger partial charge in [0.25, 0.3) is 0 Å². The van der Waals surface area contributed by atoms with Crippen molar-refractivity contribution in [3.63, 3.8) is 0 Å². The zero-order valence-corrected chi connectivity index (χ0v) is 13.7. The lowest BCUT2D eigenvalue weighted by Crippen LogP contribution is -2.32. The molecule has 0 radical (unpaired) electrons. The van der Waals surface area contributed by atoms with Crippen LogP contribution in [0.15, 0.2) is 35.7 Å². The number of aromatic nitrogens is 3. The Balaban J connectivity index is 1.81. The Morgan fingerprint density at radius 2 is 2.26 bits per heavy atom. The lowest BCUT2D eigenvalue weighted by atomic mass is 10.3. The SMILES string of the molecule is CCOCCCNC(N)=NCc1ccc(-n2ccnc2C)nc1. The molecule has 0 atom stereocenters. The molecule has 7 nitrogen and oxygen atoms in total. The summed E-state index contributed by atoms with van der Waals surface area (Å²) in [4.78, 5) is 12.9. The summed E-state index contributed by atoms with van der Waals surface area (Å²) in [6, 6.07) is 3.94. The summed E-state index contributed by atoms with van der Waals surface area (Å²) in [6.07, 6.45) is 6.36. The summed E-state index contributed by atoms with van der Waals surface area (Å²) in [7, 11) is 0. The van der Waals surface area contributed by atoms with Crippen molar-refractivity contribution in [3.8, 4) is 5.82 Å². The predicted octanol–water partition coefficient (Wildman–Crippen LogP) is 1.41. The maximum absolute atomic E-state index is 5.83. The zero-order valence-electron chi connectivity index (χ0n) is 13.7. The molecule has 0 aliphatic rings. The highest BCUT2D eigenvalue weighted by molar-refractivity contribution is 5.77. The molecule has 7 heteroatoms. The molecule has 2 heterocycles. The second-order valence-electron chi connectivity index (χ2n) is 5.05. The summed E-state index contributed by atoms with van der Waals surface area (Å²) in [5.74, 6) is 2.19. The molecule has 2 aromatic heterocycles. The van der Waals surface area contributed by atoms with E-state index in [0.717, 1.165) is 43.4 Å². The number of imidazole rings is 1. The highest BCUT2D eigenvalue weighted by atomic mass is 16.5. The summed E-state index contributed by atoms with van der Waals surface area (Å²) >= 11 is 0. The first-order valence-electron chi connectivity index (χ1n) is 7.77. The number of guanidine groups is 1. The van der Waals surface area contributed by atoms with E-state index < -0.39 is 0 Å². The van der Waals surface area contributed by atoms with Gasteiger partial charge in [-0.25, -0.2) is 15.0 Å². The van der Waals surface area contributed by atoms with Crippen LogP contribution in [-0.4, -0.2) is 40.3 Å². The number of hydrogen-bond donors (Lipinski definition) is 2. The van der Waals surface area contributed by atoms with Crippen molar-refractivity contribution in [2.45, 2.75) is 26.8 Å². The van der Waals surface area contributed by atoms with Gasteiger partial charge >= 0.3 is 0 Å². The Hall–Kier alpha value is -2.41. The van der Waals surface area contributed by atoms with Crippen LogP contribution in [0.25, 0.3) is 5.82 Å². The van der Waals surface area contributed by atoms with Gasteiger partial charge in [-0.15, -0.1) is 0 Å². The molecule has 23 heavy (non-hydrogen) atoms. The molecule has 0 aromatic carbocycles. The number of rotatable bonds is 8. The number of nitrogens with two attached hydrogens (primary N) is 1. The number of pyridine rings is 1. The second kappa shape index (κ2) is 8.89. The third-order valence-corrected chi connectivity index (χ3v) is 3.29. The monoisotopic (exact) mass is 316 g/mol. The van der Waals surface area contributed by atoms with Crippen molar-refractivity contribution in [2.24, 2.45) is 10.7 Å². The molecule has 0 fully saturated rings. The lowest BCUT2D eigenvalue weighted by molar-refractivity contribution is 0.145. The lowest BCUT2D eigenvalue weighted by Gasteiger charge is -2.06. The topological polar surface area (TPSA) is 90.3 Å². The third-order valence-electron chi connectivity index (χ3n) is 3.29.